The summed E-state index contributed by atoms with van der Waals surface area (Å²) in [5, 5.41) is 6.79. The van der Waals surface area contributed by atoms with E-state index in [0.29, 0.717) is 11.5 Å². The van der Waals surface area contributed by atoms with E-state index in [1.54, 1.807) is 12.1 Å². The van der Waals surface area contributed by atoms with Gasteiger partial charge >= 0.3 is 5.97 Å². The minimum atomic E-state index is -1.05. The molecule has 0 spiro atoms. The number of carbonyl (C=O) groups is 2. The molecule has 1 aliphatic rings. The maximum Gasteiger partial charge on any atom is 0.359 e. The predicted molar refractivity (Wildman–Crippen MR) is 113 cm³/mol. The highest BCUT2D eigenvalue weighted by Crippen LogP contribution is 2.32. The largest absolute Gasteiger partial charge is 0.454 e. The van der Waals surface area contributed by atoms with E-state index in [1.165, 1.54) is 23.7 Å². The number of hydrogen-bond donors (Lipinski definition) is 1. The van der Waals surface area contributed by atoms with Crippen LogP contribution in [-0.2, 0) is 22.6 Å². The summed E-state index contributed by atoms with van der Waals surface area (Å²) in [6.45, 7) is 2.08. The fourth-order valence-corrected chi connectivity index (χ4v) is 3.09. The monoisotopic (exact) mass is 435 g/mol. The van der Waals surface area contributed by atoms with E-state index in [9.17, 15) is 14.4 Å². The summed E-state index contributed by atoms with van der Waals surface area (Å²) in [7, 11) is 0. The van der Waals surface area contributed by atoms with Crippen LogP contribution in [0, 0.1) is 0 Å². The Balaban J connectivity index is 1.35. The molecule has 32 heavy (non-hydrogen) atoms. The van der Waals surface area contributed by atoms with E-state index >= 15 is 0 Å². The molecule has 3 aromatic rings. The zero-order valence-electron chi connectivity index (χ0n) is 17.3. The van der Waals surface area contributed by atoms with Crippen molar-refractivity contribution in [1.82, 2.24) is 15.1 Å². The van der Waals surface area contributed by atoms with Gasteiger partial charge in [-0.05, 0) is 36.2 Å². The molecule has 9 nitrogen and oxygen atoms in total. The van der Waals surface area contributed by atoms with Crippen LogP contribution in [0.5, 0.6) is 11.5 Å². The maximum atomic E-state index is 12.5. The molecule has 2 heterocycles. The third kappa shape index (κ3) is 4.94. The number of rotatable bonds is 7. The Bertz CT molecular complexity index is 1190. The number of nitrogens with zero attached hydrogens (tertiary/aromatic N) is 2. The molecule has 1 N–H and O–H groups in total. The standard InChI is InChI=1S/C23H21N3O6/c1-15(22(28)24-12-17-7-9-19-20(11-17)31-14-30-19)32-23(29)18-8-10-21(27)26(25-18)13-16-5-3-2-4-6-16/h2-11,15H,12-14H2,1H3,(H,24,28)/t15-/m1/s1. The molecule has 1 amide bonds. The molecule has 0 radical (unpaired) electrons. The molecule has 9 heteroatoms. The first-order valence-corrected chi connectivity index (χ1v) is 9.99. The van der Waals surface area contributed by atoms with Crippen molar-refractivity contribution in [2.75, 3.05) is 6.79 Å². The molecule has 0 fully saturated rings. The molecule has 1 aliphatic heterocycles. The zero-order chi connectivity index (χ0) is 22.5. The first-order valence-electron chi connectivity index (χ1n) is 9.99. The zero-order valence-corrected chi connectivity index (χ0v) is 17.3. The lowest BCUT2D eigenvalue weighted by atomic mass is 10.2. The van der Waals surface area contributed by atoms with Gasteiger partial charge in [0.2, 0.25) is 6.79 Å². The summed E-state index contributed by atoms with van der Waals surface area (Å²) in [4.78, 5) is 36.9. The molecule has 2 aromatic carbocycles. The summed E-state index contributed by atoms with van der Waals surface area (Å²) < 4.78 is 17.0. The molecule has 164 valence electrons. The van der Waals surface area contributed by atoms with Crippen molar-refractivity contribution in [2.24, 2.45) is 0 Å². The Morgan fingerprint density at radius 2 is 1.84 bits per heavy atom. The summed E-state index contributed by atoms with van der Waals surface area (Å²) >= 11 is 0. The van der Waals surface area contributed by atoms with Crippen LogP contribution in [-0.4, -0.2) is 34.6 Å². The minimum Gasteiger partial charge on any atom is -0.454 e. The van der Waals surface area contributed by atoms with E-state index in [4.69, 9.17) is 14.2 Å². The van der Waals surface area contributed by atoms with Gasteiger partial charge in [0.25, 0.3) is 11.5 Å². The second-order valence-corrected chi connectivity index (χ2v) is 7.15. The van der Waals surface area contributed by atoms with Crippen LogP contribution >= 0.6 is 0 Å². The first-order chi connectivity index (χ1) is 15.5. The number of nitrogens with one attached hydrogen (secondary N) is 1. The van der Waals surface area contributed by atoms with Gasteiger partial charge < -0.3 is 19.5 Å². The van der Waals surface area contributed by atoms with Crippen molar-refractivity contribution in [2.45, 2.75) is 26.1 Å². The number of ether oxygens (including phenoxy) is 3. The average molecular weight is 435 g/mol. The van der Waals surface area contributed by atoms with E-state index in [-0.39, 0.29) is 31.1 Å². The van der Waals surface area contributed by atoms with Gasteiger partial charge in [0.15, 0.2) is 23.3 Å². The van der Waals surface area contributed by atoms with Crippen LogP contribution in [0.4, 0.5) is 0 Å². The van der Waals surface area contributed by atoms with Gasteiger partial charge in [0, 0.05) is 12.6 Å². The molecule has 0 saturated heterocycles. The summed E-state index contributed by atoms with van der Waals surface area (Å²) in [5.41, 5.74) is 1.27. The lowest BCUT2D eigenvalue weighted by Gasteiger charge is -2.14. The van der Waals surface area contributed by atoms with E-state index in [0.717, 1.165) is 11.1 Å². The third-order valence-electron chi connectivity index (χ3n) is 4.81. The maximum absolute atomic E-state index is 12.5. The van der Waals surface area contributed by atoms with Crippen molar-refractivity contribution in [3.63, 3.8) is 0 Å². The lowest BCUT2D eigenvalue weighted by molar-refractivity contribution is -0.129. The molecule has 0 unspecified atom stereocenters. The van der Waals surface area contributed by atoms with Gasteiger partial charge in [-0.3, -0.25) is 9.59 Å². The quantitative estimate of drug-likeness (QED) is 0.565. The van der Waals surface area contributed by atoms with Crippen molar-refractivity contribution in [3.8, 4) is 11.5 Å². The predicted octanol–water partition coefficient (Wildman–Crippen LogP) is 1.88. The Morgan fingerprint density at radius 3 is 2.66 bits per heavy atom. The Kier molecular flexibility index (Phi) is 6.16. The molecular weight excluding hydrogens is 414 g/mol. The van der Waals surface area contributed by atoms with Crippen LogP contribution in [0.2, 0.25) is 0 Å². The Hall–Kier alpha value is -4.14. The first kappa shape index (κ1) is 21.1. The number of hydrogen-bond acceptors (Lipinski definition) is 7. The molecule has 0 aliphatic carbocycles. The topological polar surface area (TPSA) is 109 Å². The minimum absolute atomic E-state index is 0.0593. The second kappa shape index (κ2) is 9.34. The van der Waals surface area contributed by atoms with Crippen molar-refractivity contribution < 1.29 is 23.8 Å². The van der Waals surface area contributed by atoms with Crippen molar-refractivity contribution in [3.05, 3.63) is 87.8 Å². The van der Waals surface area contributed by atoms with Crippen LogP contribution in [0.1, 0.15) is 28.5 Å². The number of esters is 1. The normalized spacial score (nSPS) is 12.8. The highest BCUT2D eigenvalue weighted by molar-refractivity contribution is 5.90. The number of benzene rings is 2. The number of carbonyl (C=O) groups excluding carboxylic acids is 2. The van der Waals surface area contributed by atoms with Crippen molar-refractivity contribution in [1.29, 1.82) is 0 Å². The summed E-state index contributed by atoms with van der Waals surface area (Å²) in [6, 6.07) is 17.2. The summed E-state index contributed by atoms with van der Waals surface area (Å²) in [6.07, 6.45) is -1.05. The van der Waals surface area contributed by atoms with E-state index in [2.05, 4.69) is 10.4 Å². The molecule has 0 bridgehead atoms. The van der Waals surface area contributed by atoms with Gasteiger partial charge in [0.05, 0.1) is 6.54 Å². The van der Waals surface area contributed by atoms with E-state index < -0.39 is 18.0 Å². The Morgan fingerprint density at radius 1 is 1.06 bits per heavy atom. The molecule has 4 rings (SSSR count). The lowest BCUT2D eigenvalue weighted by Crippen LogP contribution is -2.36. The van der Waals surface area contributed by atoms with Gasteiger partial charge in [-0.25, -0.2) is 9.48 Å². The van der Waals surface area contributed by atoms with Crippen LogP contribution in [0.15, 0.2) is 65.5 Å². The summed E-state index contributed by atoms with van der Waals surface area (Å²) in [5.74, 6) is 0.0163. The highest BCUT2D eigenvalue weighted by Gasteiger charge is 2.21. The number of aromatic nitrogens is 2. The SMILES string of the molecule is C[C@@H](OC(=O)c1ccc(=O)n(Cc2ccccc2)n1)C(=O)NCc1ccc2c(c1)OCO2. The van der Waals surface area contributed by atoms with Crippen molar-refractivity contribution >= 4 is 11.9 Å². The van der Waals surface area contributed by atoms with Crippen LogP contribution in [0.3, 0.4) is 0 Å². The third-order valence-corrected chi connectivity index (χ3v) is 4.81. The van der Waals surface area contributed by atoms with Gasteiger partial charge in [0.1, 0.15) is 0 Å². The fourth-order valence-electron chi connectivity index (χ4n) is 3.09. The number of amides is 1. The van der Waals surface area contributed by atoms with Gasteiger partial charge in [-0.2, -0.15) is 5.10 Å². The van der Waals surface area contributed by atoms with E-state index in [1.807, 2.05) is 36.4 Å². The highest BCUT2D eigenvalue weighted by atomic mass is 16.7. The second-order valence-electron chi connectivity index (χ2n) is 7.15. The van der Waals surface area contributed by atoms with Crippen LogP contribution < -0.4 is 20.3 Å². The van der Waals surface area contributed by atoms with Gasteiger partial charge in [-0.1, -0.05) is 36.4 Å². The molecule has 1 atom stereocenters. The smallest absolute Gasteiger partial charge is 0.359 e. The fraction of sp³-hybridized carbons (Fsp3) is 0.217. The molecule has 0 saturated carbocycles. The Labute approximate surface area is 183 Å². The number of fused-ring (bicyclic) bond motifs is 1. The van der Waals surface area contributed by atoms with Crippen LogP contribution in [0.25, 0.3) is 0 Å². The molecule has 1 aromatic heterocycles. The molecular formula is C23H21N3O6. The average Bonchev–Trinajstić information content (AvgIpc) is 3.27. The van der Waals surface area contributed by atoms with Gasteiger partial charge in [-0.15, -0.1) is 0 Å².